The van der Waals surface area contributed by atoms with Gasteiger partial charge in [0.1, 0.15) is 24.3 Å². The van der Waals surface area contributed by atoms with Gasteiger partial charge in [0.25, 0.3) is 0 Å². The van der Waals surface area contributed by atoms with Gasteiger partial charge >= 0.3 is 17.8 Å². The molecule has 0 aliphatic heterocycles. The van der Waals surface area contributed by atoms with Gasteiger partial charge in [0.15, 0.2) is 0 Å². The quantitative estimate of drug-likeness (QED) is 0.208. The summed E-state index contributed by atoms with van der Waals surface area (Å²) in [5.41, 5.74) is 2.92. The molecule has 4 rings (SSSR count). The van der Waals surface area contributed by atoms with Crippen LogP contribution in [0.4, 0.5) is 16.4 Å². The molecule has 0 unspecified atom stereocenters. The zero-order valence-electron chi connectivity index (χ0n) is 21.2. The molecule has 3 aromatic heterocycles. The minimum Gasteiger partial charge on any atom is -0.480 e. The number of aromatic nitrogens is 3. The minimum atomic E-state index is -1.38. The summed E-state index contributed by atoms with van der Waals surface area (Å²) in [4.78, 5) is 45.0. The molecule has 0 saturated carbocycles. The lowest BCUT2D eigenvalue weighted by molar-refractivity contribution is -0.139. The molecule has 0 bridgehead atoms. The van der Waals surface area contributed by atoms with Crippen LogP contribution >= 0.6 is 11.3 Å². The van der Waals surface area contributed by atoms with Crippen molar-refractivity contribution in [1.29, 1.82) is 0 Å². The van der Waals surface area contributed by atoms with Crippen LogP contribution in [-0.2, 0) is 35.8 Å². The maximum atomic E-state index is 12.7. The van der Waals surface area contributed by atoms with E-state index in [4.69, 9.17) is 4.74 Å². The second-order valence-corrected chi connectivity index (χ2v) is 9.39. The Bertz CT molecular complexity index is 1460. The maximum Gasteiger partial charge on any atom is 0.408 e. The van der Waals surface area contributed by atoms with Gasteiger partial charge in [0, 0.05) is 31.0 Å². The third kappa shape index (κ3) is 7.89. The molecule has 1 amide bonds. The highest BCUT2D eigenvalue weighted by atomic mass is 32.1. The highest BCUT2D eigenvalue weighted by Gasteiger charge is 2.22. The molecule has 202 valence electrons. The molecule has 0 saturated heterocycles. The maximum absolute atomic E-state index is 12.7. The molecule has 39 heavy (non-hydrogen) atoms. The van der Waals surface area contributed by atoms with Crippen LogP contribution in [0.2, 0.25) is 0 Å². The molecular weight excluding hydrogens is 520 g/mol. The predicted molar refractivity (Wildman–Crippen MR) is 148 cm³/mol. The number of rotatable bonds is 12. The SMILES string of the molecule is Cc1cn(C[C@H](NC(=O)OCc2ccccc2)C(=O)O)c(=O)nc1NCc1cscc1CNc1ccccn1. The van der Waals surface area contributed by atoms with Crippen molar-refractivity contribution in [3.05, 3.63) is 104 Å². The number of carboxylic acid groups (broad SMARTS) is 1. The van der Waals surface area contributed by atoms with Gasteiger partial charge in [-0.25, -0.2) is 19.4 Å². The molecule has 0 spiro atoms. The number of pyridine rings is 1. The number of alkyl carbamates (subject to hydrolysis) is 1. The normalized spacial score (nSPS) is 11.4. The van der Waals surface area contributed by atoms with E-state index in [0.717, 1.165) is 27.1 Å². The first-order chi connectivity index (χ1) is 18.9. The van der Waals surface area contributed by atoms with Crippen LogP contribution < -0.4 is 21.6 Å². The molecule has 1 aromatic carbocycles. The largest absolute Gasteiger partial charge is 0.480 e. The second kappa shape index (κ2) is 13.2. The Kier molecular flexibility index (Phi) is 9.25. The number of aliphatic carboxylic acids is 1. The number of anilines is 2. The van der Waals surface area contributed by atoms with Gasteiger partial charge in [0.05, 0.1) is 6.54 Å². The van der Waals surface area contributed by atoms with Crippen LogP contribution in [0, 0.1) is 6.92 Å². The number of aryl methyl sites for hydroxylation is 1. The number of benzene rings is 1. The third-order valence-corrected chi connectivity index (χ3v) is 6.60. The summed E-state index contributed by atoms with van der Waals surface area (Å²) < 4.78 is 6.26. The molecule has 0 fully saturated rings. The summed E-state index contributed by atoms with van der Waals surface area (Å²) in [6, 6.07) is 13.3. The fourth-order valence-electron chi connectivity index (χ4n) is 3.69. The molecule has 0 aliphatic carbocycles. The Hall–Kier alpha value is -4.71. The number of hydrogen-bond acceptors (Lipinski definition) is 9. The first-order valence-corrected chi connectivity index (χ1v) is 13.0. The van der Waals surface area contributed by atoms with Gasteiger partial charge in [-0.2, -0.15) is 16.3 Å². The first-order valence-electron chi connectivity index (χ1n) is 12.1. The molecule has 4 aromatic rings. The number of hydrogen-bond donors (Lipinski definition) is 4. The van der Waals surface area contributed by atoms with Crippen LogP contribution in [0.5, 0.6) is 0 Å². The van der Waals surface area contributed by atoms with Gasteiger partial charge in [0.2, 0.25) is 0 Å². The van der Waals surface area contributed by atoms with E-state index in [1.54, 1.807) is 48.7 Å². The van der Waals surface area contributed by atoms with E-state index < -0.39 is 23.8 Å². The van der Waals surface area contributed by atoms with Gasteiger partial charge in [-0.05, 0) is 46.5 Å². The monoisotopic (exact) mass is 548 g/mol. The van der Waals surface area contributed by atoms with Crippen LogP contribution in [0.25, 0.3) is 0 Å². The Morgan fingerprint density at radius 3 is 2.46 bits per heavy atom. The number of ether oxygens (including phenoxy) is 1. The number of nitrogens with zero attached hydrogens (tertiary/aromatic N) is 3. The predicted octanol–water partition coefficient (Wildman–Crippen LogP) is 3.61. The van der Waals surface area contributed by atoms with Gasteiger partial charge in [-0.1, -0.05) is 36.4 Å². The summed E-state index contributed by atoms with van der Waals surface area (Å²) in [7, 11) is 0. The van der Waals surface area contributed by atoms with Crippen molar-refractivity contribution in [2.45, 2.75) is 39.2 Å². The fraction of sp³-hybridized carbons (Fsp3) is 0.222. The van der Waals surface area contributed by atoms with Crippen molar-refractivity contribution < 1.29 is 19.4 Å². The Labute approximate surface area is 228 Å². The van der Waals surface area contributed by atoms with Crippen LogP contribution in [0.1, 0.15) is 22.3 Å². The van der Waals surface area contributed by atoms with E-state index in [1.807, 2.05) is 29.6 Å². The van der Waals surface area contributed by atoms with Crippen molar-refractivity contribution in [3.63, 3.8) is 0 Å². The second-order valence-electron chi connectivity index (χ2n) is 8.65. The number of thiophene rings is 1. The van der Waals surface area contributed by atoms with E-state index in [9.17, 15) is 19.5 Å². The molecule has 4 N–H and O–H groups in total. The molecule has 0 aliphatic rings. The van der Waals surface area contributed by atoms with Crippen molar-refractivity contribution in [2.75, 3.05) is 10.6 Å². The smallest absolute Gasteiger partial charge is 0.408 e. The van der Waals surface area contributed by atoms with Crippen LogP contribution in [-0.4, -0.2) is 37.7 Å². The number of carboxylic acids is 1. The summed E-state index contributed by atoms with van der Waals surface area (Å²) in [6.45, 7) is 2.50. The highest BCUT2D eigenvalue weighted by Crippen LogP contribution is 2.19. The van der Waals surface area contributed by atoms with E-state index >= 15 is 0 Å². The van der Waals surface area contributed by atoms with Gasteiger partial charge in [-0.3, -0.25) is 4.57 Å². The Balaban J connectivity index is 1.35. The number of carbonyl (C=O) groups excluding carboxylic acids is 1. The average Bonchev–Trinajstić information content (AvgIpc) is 3.39. The summed E-state index contributed by atoms with van der Waals surface area (Å²) >= 11 is 1.58. The van der Waals surface area contributed by atoms with Gasteiger partial charge in [-0.15, -0.1) is 0 Å². The topological polar surface area (TPSA) is 147 Å². The molecule has 12 heteroatoms. The van der Waals surface area contributed by atoms with E-state index in [-0.39, 0.29) is 13.2 Å². The Morgan fingerprint density at radius 2 is 1.77 bits per heavy atom. The van der Waals surface area contributed by atoms with E-state index in [1.165, 1.54) is 6.20 Å². The number of amides is 1. The highest BCUT2D eigenvalue weighted by molar-refractivity contribution is 7.08. The van der Waals surface area contributed by atoms with Crippen molar-refractivity contribution >= 4 is 35.0 Å². The lowest BCUT2D eigenvalue weighted by Crippen LogP contribution is -2.45. The minimum absolute atomic E-state index is 0.00889. The average molecular weight is 549 g/mol. The molecule has 11 nitrogen and oxygen atoms in total. The number of nitrogens with one attached hydrogen (secondary N) is 3. The molecule has 0 radical (unpaired) electrons. The molecule has 3 heterocycles. The third-order valence-electron chi connectivity index (χ3n) is 5.76. The summed E-state index contributed by atoms with van der Waals surface area (Å²) in [6.07, 6.45) is 2.34. The molecule has 1 atom stereocenters. The summed E-state index contributed by atoms with van der Waals surface area (Å²) in [5.74, 6) is -0.127. The zero-order chi connectivity index (χ0) is 27.6. The first kappa shape index (κ1) is 27.3. The van der Waals surface area contributed by atoms with Crippen molar-refractivity contribution in [1.82, 2.24) is 19.9 Å². The lowest BCUT2D eigenvalue weighted by Gasteiger charge is -2.17. The number of carbonyl (C=O) groups is 2. The Morgan fingerprint density at radius 1 is 1.05 bits per heavy atom. The summed E-state index contributed by atoms with van der Waals surface area (Å²) in [5, 5.41) is 22.4. The van der Waals surface area contributed by atoms with Crippen LogP contribution in [0.3, 0.4) is 0 Å². The standard InChI is InChI=1S/C27H28N6O5S/c1-18-13-33(14-22(25(34)35)31-27(37)38-15-19-7-3-2-4-8-19)26(36)32-24(18)30-12-21-17-39-16-20(21)11-29-23-9-5-6-10-28-23/h2-10,13,16-17,22H,11-12,14-15H2,1H3,(H,28,29)(H,31,37)(H,34,35)(H,30,32,36)/t22-/m0/s1. The zero-order valence-corrected chi connectivity index (χ0v) is 22.0. The molecular formula is C27H28N6O5S. The van der Waals surface area contributed by atoms with E-state index in [2.05, 4.69) is 31.3 Å². The van der Waals surface area contributed by atoms with Crippen molar-refractivity contribution in [3.8, 4) is 0 Å². The van der Waals surface area contributed by atoms with Crippen molar-refractivity contribution in [2.24, 2.45) is 0 Å². The van der Waals surface area contributed by atoms with E-state index in [0.29, 0.717) is 24.5 Å². The van der Waals surface area contributed by atoms with Crippen LogP contribution in [0.15, 0.2) is 76.5 Å². The fourth-order valence-corrected chi connectivity index (χ4v) is 4.56. The lowest BCUT2D eigenvalue weighted by atomic mass is 10.2. The van der Waals surface area contributed by atoms with Gasteiger partial charge < -0.3 is 25.8 Å².